The van der Waals surface area contributed by atoms with Gasteiger partial charge < -0.3 is 19.7 Å². The lowest BCUT2D eigenvalue weighted by atomic mass is 9.95. The summed E-state index contributed by atoms with van der Waals surface area (Å²) in [6, 6.07) is 17.3. The molecule has 0 unspecified atom stereocenters. The molecule has 3 aromatic rings. The molecule has 0 aliphatic carbocycles. The minimum atomic E-state index is -2.88. The van der Waals surface area contributed by atoms with E-state index in [1.54, 1.807) is 36.3 Å². The first-order valence-corrected chi connectivity index (χ1v) is 11.1. The number of likely N-dealkylation sites (tertiary alicyclic amines) is 1. The van der Waals surface area contributed by atoms with Gasteiger partial charge in [0, 0.05) is 30.6 Å². The Morgan fingerprint density at radius 2 is 1.79 bits per heavy atom. The van der Waals surface area contributed by atoms with Crippen LogP contribution in [0.1, 0.15) is 28.8 Å². The van der Waals surface area contributed by atoms with Crippen molar-refractivity contribution >= 4 is 22.6 Å². The summed E-state index contributed by atoms with van der Waals surface area (Å²) in [7, 11) is 1.60. The molecule has 1 atom stereocenters. The molecule has 34 heavy (non-hydrogen) atoms. The third-order valence-electron chi connectivity index (χ3n) is 6.03. The second kappa shape index (κ2) is 10.5. The number of methoxy groups -OCH3 is 1. The molecule has 6 nitrogen and oxygen atoms in total. The van der Waals surface area contributed by atoms with Crippen LogP contribution in [0.4, 0.5) is 8.78 Å². The fourth-order valence-electron chi connectivity index (χ4n) is 4.30. The standard InChI is InChI=1S/C26H26F2N2O4/c1-33-23-13-12-22(20-6-2-3-7-21(20)23)25(32)30-14-4-5-18(16-30)24(31)29-15-17-8-10-19(11-9-17)34-26(27)28/h2-3,6-13,18,26H,4-5,14-16H2,1H3,(H,29,31)/t18-/m1/s1. The third kappa shape index (κ3) is 5.27. The number of piperidine rings is 1. The van der Waals surface area contributed by atoms with Crippen LogP contribution in [0.2, 0.25) is 0 Å². The van der Waals surface area contributed by atoms with Gasteiger partial charge in [-0.25, -0.2) is 0 Å². The van der Waals surface area contributed by atoms with Crippen LogP contribution in [0.25, 0.3) is 10.8 Å². The quantitative estimate of drug-likeness (QED) is 0.550. The Balaban J connectivity index is 1.40. The second-order valence-corrected chi connectivity index (χ2v) is 8.19. The minimum absolute atomic E-state index is 0.0672. The van der Waals surface area contributed by atoms with Gasteiger partial charge in [0.25, 0.3) is 5.91 Å². The highest BCUT2D eigenvalue weighted by atomic mass is 19.3. The summed E-state index contributed by atoms with van der Waals surface area (Å²) in [5.41, 5.74) is 1.35. The Hall–Kier alpha value is -3.68. The molecule has 0 radical (unpaired) electrons. The SMILES string of the molecule is COc1ccc(C(=O)N2CCC[C@@H](C(=O)NCc3ccc(OC(F)F)cc3)C2)c2ccccc12. The molecule has 0 saturated carbocycles. The van der Waals surface area contributed by atoms with E-state index in [0.29, 0.717) is 30.8 Å². The van der Waals surface area contributed by atoms with E-state index in [1.165, 1.54) is 12.1 Å². The van der Waals surface area contributed by atoms with Crippen molar-refractivity contribution in [3.8, 4) is 11.5 Å². The van der Waals surface area contributed by atoms with Crippen LogP contribution in [0, 0.1) is 5.92 Å². The molecule has 4 rings (SSSR count). The van der Waals surface area contributed by atoms with Crippen LogP contribution in [-0.2, 0) is 11.3 Å². The number of rotatable bonds is 7. The van der Waals surface area contributed by atoms with Crippen LogP contribution >= 0.6 is 0 Å². The number of fused-ring (bicyclic) bond motifs is 1. The van der Waals surface area contributed by atoms with Crippen LogP contribution < -0.4 is 14.8 Å². The number of alkyl halides is 2. The van der Waals surface area contributed by atoms with Crippen LogP contribution in [0.3, 0.4) is 0 Å². The molecule has 0 bridgehead atoms. The number of ether oxygens (including phenoxy) is 2. The van der Waals surface area contributed by atoms with Gasteiger partial charge in [-0.1, -0.05) is 36.4 Å². The van der Waals surface area contributed by atoms with Gasteiger partial charge in [0.15, 0.2) is 0 Å². The Kier molecular flexibility index (Phi) is 7.25. The van der Waals surface area contributed by atoms with E-state index in [2.05, 4.69) is 10.1 Å². The number of benzene rings is 3. The smallest absolute Gasteiger partial charge is 0.387 e. The highest BCUT2D eigenvalue weighted by Gasteiger charge is 2.29. The predicted molar refractivity (Wildman–Crippen MR) is 124 cm³/mol. The molecule has 1 saturated heterocycles. The van der Waals surface area contributed by atoms with Gasteiger partial charge in [-0.05, 0) is 48.1 Å². The van der Waals surface area contributed by atoms with E-state index in [1.807, 2.05) is 24.3 Å². The van der Waals surface area contributed by atoms with Crippen LogP contribution in [-0.4, -0.2) is 43.5 Å². The van der Waals surface area contributed by atoms with E-state index in [-0.39, 0.29) is 30.0 Å². The monoisotopic (exact) mass is 468 g/mol. The maximum atomic E-state index is 13.4. The summed E-state index contributed by atoms with van der Waals surface area (Å²) in [5.74, 6) is 0.217. The van der Waals surface area contributed by atoms with Gasteiger partial charge in [-0.15, -0.1) is 0 Å². The molecular weight excluding hydrogens is 442 g/mol. The van der Waals surface area contributed by atoms with E-state index in [9.17, 15) is 18.4 Å². The Labute approximate surface area is 196 Å². The van der Waals surface area contributed by atoms with E-state index >= 15 is 0 Å². The zero-order valence-corrected chi connectivity index (χ0v) is 18.8. The number of amides is 2. The zero-order valence-electron chi connectivity index (χ0n) is 18.8. The van der Waals surface area contributed by atoms with Crippen molar-refractivity contribution < 1.29 is 27.8 Å². The van der Waals surface area contributed by atoms with Crippen molar-refractivity contribution in [2.75, 3.05) is 20.2 Å². The van der Waals surface area contributed by atoms with Gasteiger partial charge >= 0.3 is 6.61 Å². The van der Waals surface area contributed by atoms with Crippen molar-refractivity contribution in [2.24, 2.45) is 5.92 Å². The second-order valence-electron chi connectivity index (χ2n) is 8.19. The summed E-state index contributed by atoms with van der Waals surface area (Å²) >= 11 is 0. The lowest BCUT2D eigenvalue weighted by molar-refractivity contribution is -0.126. The van der Waals surface area contributed by atoms with Gasteiger partial charge in [-0.3, -0.25) is 9.59 Å². The van der Waals surface area contributed by atoms with E-state index in [0.717, 1.165) is 22.8 Å². The first kappa shape index (κ1) is 23.5. The van der Waals surface area contributed by atoms with Crippen molar-refractivity contribution in [3.63, 3.8) is 0 Å². The van der Waals surface area contributed by atoms with Crippen molar-refractivity contribution in [2.45, 2.75) is 26.0 Å². The van der Waals surface area contributed by atoms with Crippen molar-refractivity contribution in [1.82, 2.24) is 10.2 Å². The maximum Gasteiger partial charge on any atom is 0.387 e. The average Bonchev–Trinajstić information content (AvgIpc) is 2.86. The highest BCUT2D eigenvalue weighted by Crippen LogP contribution is 2.30. The van der Waals surface area contributed by atoms with Gasteiger partial charge in [0.05, 0.1) is 13.0 Å². The van der Waals surface area contributed by atoms with Gasteiger partial charge in [0.2, 0.25) is 5.91 Å². The number of nitrogens with one attached hydrogen (secondary N) is 1. The largest absolute Gasteiger partial charge is 0.496 e. The molecule has 0 aromatic heterocycles. The Bertz CT molecular complexity index is 1170. The molecule has 0 spiro atoms. The van der Waals surface area contributed by atoms with Gasteiger partial charge in [0.1, 0.15) is 11.5 Å². The number of halogens is 2. The van der Waals surface area contributed by atoms with Crippen LogP contribution in [0.15, 0.2) is 60.7 Å². The number of carbonyl (C=O) groups is 2. The third-order valence-corrected chi connectivity index (χ3v) is 6.03. The van der Waals surface area contributed by atoms with E-state index < -0.39 is 6.61 Å². The molecule has 1 aliphatic rings. The normalized spacial score (nSPS) is 15.9. The zero-order chi connectivity index (χ0) is 24.1. The molecule has 1 aliphatic heterocycles. The summed E-state index contributed by atoms with van der Waals surface area (Å²) in [5, 5.41) is 4.58. The Morgan fingerprint density at radius 3 is 2.50 bits per heavy atom. The fraction of sp³-hybridized carbons (Fsp3) is 0.308. The molecule has 3 aromatic carbocycles. The number of carbonyl (C=O) groups excluding carboxylic acids is 2. The minimum Gasteiger partial charge on any atom is -0.496 e. The number of nitrogens with zero attached hydrogens (tertiary/aromatic N) is 1. The Morgan fingerprint density at radius 1 is 1.06 bits per heavy atom. The number of hydrogen-bond donors (Lipinski definition) is 1. The molecular formula is C26H26F2N2O4. The van der Waals surface area contributed by atoms with Crippen molar-refractivity contribution in [1.29, 1.82) is 0 Å². The summed E-state index contributed by atoms with van der Waals surface area (Å²) in [6.07, 6.45) is 1.43. The van der Waals surface area contributed by atoms with Crippen molar-refractivity contribution in [3.05, 3.63) is 71.8 Å². The van der Waals surface area contributed by atoms with Crippen LogP contribution in [0.5, 0.6) is 11.5 Å². The number of hydrogen-bond acceptors (Lipinski definition) is 4. The predicted octanol–water partition coefficient (Wildman–Crippen LogP) is 4.62. The van der Waals surface area contributed by atoms with E-state index in [4.69, 9.17) is 4.74 Å². The first-order chi connectivity index (χ1) is 16.5. The molecule has 1 N–H and O–H groups in total. The summed E-state index contributed by atoms with van der Waals surface area (Å²) in [6.45, 7) is -1.68. The summed E-state index contributed by atoms with van der Waals surface area (Å²) < 4.78 is 34.3. The molecule has 8 heteroatoms. The molecule has 1 heterocycles. The topological polar surface area (TPSA) is 67.9 Å². The summed E-state index contributed by atoms with van der Waals surface area (Å²) in [4.78, 5) is 27.9. The molecule has 1 fully saturated rings. The molecule has 178 valence electrons. The lowest BCUT2D eigenvalue weighted by Gasteiger charge is -2.32. The average molecular weight is 469 g/mol. The molecule has 2 amide bonds. The first-order valence-electron chi connectivity index (χ1n) is 11.1. The highest BCUT2D eigenvalue weighted by molar-refractivity contribution is 6.08. The lowest BCUT2D eigenvalue weighted by Crippen LogP contribution is -2.45. The van der Waals surface area contributed by atoms with Gasteiger partial charge in [-0.2, -0.15) is 8.78 Å². The fourth-order valence-corrected chi connectivity index (χ4v) is 4.30. The maximum absolute atomic E-state index is 13.4.